The Morgan fingerprint density at radius 3 is 2.66 bits per heavy atom. The van der Waals surface area contributed by atoms with Crippen molar-refractivity contribution in [2.75, 3.05) is 20.7 Å². The maximum Gasteiger partial charge on any atom is 0.338 e. The van der Waals surface area contributed by atoms with Gasteiger partial charge in [0.1, 0.15) is 5.82 Å². The molecular formula is C20H22BrN3O4S. The lowest BCUT2D eigenvalue weighted by Crippen LogP contribution is -2.23. The number of aromatic nitrogens is 2. The normalized spacial score (nSPS) is 11.9. The first-order valence-corrected chi connectivity index (χ1v) is 11.3. The van der Waals surface area contributed by atoms with Gasteiger partial charge in [-0.2, -0.15) is 0 Å². The SMILES string of the molecule is Cc1nc2ccccc2n1CCCOC(=O)c1ccc(Br)c(S(=O)(=O)N(C)C)c1. The number of esters is 1. The molecule has 0 bridgehead atoms. The number of fused-ring (bicyclic) bond motifs is 1. The number of rotatable bonds is 7. The molecule has 0 aliphatic heterocycles. The minimum Gasteiger partial charge on any atom is -0.462 e. The average molecular weight is 480 g/mol. The van der Waals surface area contributed by atoms with Crippen molar-refractivity contribution in [1.29, 1.82) is 0 Å². The first-order chi connectivity index (χ1) is 13.7. The molecule has 0 radical (unpaired) electrons. The molecule has 3 aromatic rings. The highest BCUT2D eigenvalue weighted by atomic mass is 79.9. The summed E-state index contributed by atoms with van der Waals surface area (Å²) in [5.41, 5.74) is 2.17. The fourth-order valence-corrected chi connectivity index (χ4v) is 4.82. The van der Waals surface area contributed by atoms with Crippen LogP contribution in [0.25, 0.3) is 11.0 Å². The smallest absolute Gasteiger partial charge is 0.338 e. The van der Waals surface area contributed by atoms with Gasteiger partial charge in [0.15, 0.2) is 0 Å². The summed E-state index contributed by atoms with van der Waals surface area (Å²) in [5, 5.41) is 0. The third-order valence-corrected chi connectivity index (χ3v) is 7.34. The summed E-state index contributed by atoms with van der Waals surface area (Å²) in [6.07, 6.45) is 0.617. The Morgan fingerprint density at radius 2 is 1.93 bits per heavy atom. The Hall–Kier alpha value is -2.23. The van der Waals surface area contributed by atoms with E-state index >= 15 is 0 Å². The molecule has 1 aromatic heterocycles. The molecule has 0 amide bonds. The topological polar surface area (TPSA) is 81.5 Å². The fraction of sp³-hybridized carbons (Fsp3) is 0.300. The molecule has 154 valence electrons. The third-order valence-electron chi connectivity index (χ3n) is 4.53. The summed E-state index contributed by atoms with van der Waals surface area (Å²) in [4.78, 5) is 16.9. The zero-order valence-corrected chi connectivity index (χ0v) is 18.8. The molecule has 3 rings (SSSR count). The van der Waals surface area contributed by atoms with E-state index in [1.165, 1.54) is 32.3 Å². The number of ether oxygens (including phenoxy) is 1. The number of para-hydroxylation sites is 2. The summed E-state index contributed by atoms with van der Waals surface area (Å²) >= 11 is 3.23. The molecule has 0 aliphatic carbocycles. The van der Waals surface area contributed by atoms with Gasteiger partial charge >= 0.3 is 5.97 Å². The Bertz CT molecular complexity index is 1160. The number of imidazole rings is 1. The Labute approximate surface area is 178 Å². The number of benzene rings is 2. The van der Waals surface area contributed by atoms with Crippen LogP contribution in [-0.2, 0) is 21.3 Å². The highest BCUT2D eigenvalue weighted by molar-refractivity contribution is 9.10. The summed E-state index contributed by atoms with van der Waals surface area (Å²) in [6, 6.07) is 12.3. The second-order valence-corrected chi connectivity index (χ2v) is 9.70. The molecule has 0 atom stereocenters. The maximum absolute atomic E-state index is 12.4. The van der Waals surface area contributed by atoms with E-state index in [2.05, 4.69) is 25.5 Å². The lowest BCUT2D eigenvalue weighted by atomic mass is 10.2. The molecule has 0 saturated heterocycles. The number of carbonyl (C=O) groups excluding carboxylic acids is 1. The number of sulfonamides is 1. The highest BCUT2D eigenvalue weighted by Gasteiger charge is 2.22. The number of carbonyl (C=O) groups is 1. The van der Waals surface area contributed by atoms with E-state index < -0.39 is 16.0 Å². The zero-order valence-electron chi connectivity index (χ0n) is 16.4. The van der Waals surface area contributed by atoms with Crippen molar-refractivity contribution in [3.8, 4) is 0 Å². The molecular weight excluding hydrogens is 458 g/mol. The molecule has 0 unspecified atom stereocenters. The van der Waals surface area contributed by atoms with Gasteiger partial charge in [-0.05, 0) is 59.6 Å². The second-order valence-electron chi connectivity index (χ2n) is 6.72. The number of hydrogen-bond donors (Lipinski definition) is 0. The number of aryl methyl sites for hydroxylation is 2. The van der Waals surface area contributed by atoms with Gasteiger partial charge in [0, 0.05) is 25.1 Å². The summed E-state index contributed by atoms with van der Waals surface area (Å²) in [6.45, 7) is 2.83. The van der Waals surface area contributed by atoms with Crippen molar-refractivity contribution >= 4 is 43.0 Å². The molecule has 0 saturated carbocycles. The van der Waals surface area contributed by atoms with Gasteiger partial charge in [-0.15, -0.1) is 0 Å². The molecule has 0 fully saturated rings. The van der Waals surface area contributed by atoms with Crippen molar-refractivity contribution in [3.63, 3.8) is 0 Å². The molecule has 0 N–H and O–H groups in total. The quantitative estimate of drug-likeness (QED) is 0.381. The highest BCUT2D eigenvalue weighted by Crippen LogP contribution is 2.25. The van der Waals surface area contributed by atoms with Crippen LogP contribution in [-0.4, -0.2) is 48.9 Å². The summed E-state index contributed by atoms with van der Waals surface area (Å²) < 4.78 is 33.7. The van der Waals surface area contributed by atoms with Gasteiger partial charge in [-0.3, -0.25) is 0 Å². The van der Waals surface area contributed by atoms with E-state index in [4.69, 9.17) is 4.74 Å². The van der Waals surface area contributed by atoms with Crippen LogP contribution >= 0.6 is 15.9 Å². The zero-order chi connectivity index (χ0) is 21.2. The second kappa shape index (κ2) is 8.64. The minimum absolute atomic E-state index is 0.0254. The van der Waals surface area contributed by atoms with E-state index in [1.54, 1.807) is 0 Å². The molecule has 0 spiro atoms. The monoisotopic (exact) mass is 479 g/mol. The van der Waals surface area contributed by atoms with Crippen LogP contribution in [0.3, 0.4) is 0 Å². The van der Waals surface area contributed by atoms with Crippen molar-refractivity contribution in [2.45, 2.75) is 24.8 Å². The standard InChI is InChI=1S/C20H22BrN3O4S/c1-14-22-17-7-4-5-8-18(17)24(14)11-6-12-28-20(25)15-9-10-16(21)19(13-15)29(26,27)23(2)3/h4-5,7-10,13H,6,11-12H2,1-3H3. The molecule has 1 heterocycles. The maximum atomic E-state index is 12.4. The van der Waals surface area contributed by atoms with Crippen LogP contribution < -0.4 is 0 Å². The Kier molecular flexibility index (Phi) is 6.40. The van der Waals surface area contributed by atoms with Gasteiger partial charge in [0.05, 0.1) is 28.1 Å². The molecule has 29 heavy (non-hydrogen) atoms. The van der Waals surface area contributed by atoms with Crippen LogP contribution in [0.2, 0.25) is 0 Å². The number of nitrogens with zero attached hydrogens (tertiary/aromatic N) is 3. The van der Waals surface area contributed by atoms with Gasteiger partial charge in [0.2, 0.25) is 10.0 Å². The van der Waals surface area contributed by atoms with Crippen LogP contribution in [0, 0.1) is 6.92 Å². The lowest BCUT2D eigenvalue weighted by molar-refractivity contribution is 0.0496. The van der Waals surface area contributed by atoms with E-state index in [0.29, 0.717) is 17.4 Å². The third kappa shape index (κ3) is 4.52. The molecule has 2 aromatic carbocycles. The fourth-order valence-electron chi connectivity index (χ4n) is 2.97. The summed E-state index contributed by atoms with van der Waals surface area (Å²) in [7, 11) is -0.797. The average Bonchev–Trinajstić information content (AvgIpc) is 3.00. The van der Waals surface area contributed by atoms with E-state index in [0.717, 1.165) is 21.2 Å². The van der Waals surface area contributed by atoms with Gasteiger partial charge < -0.3 is 9.30 Å². The first kappa shape index (κ1) is 21.5. The number of halogens is 1. The van der Waals surface area contributed by atoms with Crippen LogP contribution in [0.15, 0.2) is 51.8 Å². The van der Waals surface area contributed by atoms with Crippen LogP contribution in [0.4, 0.5) is 0 Å². The lowest BCUT2D eigenvalue weighted by Gasteiger charge is -2.14. The van der Waals surface area contributed by atoms with Gasteiger partial charge in [0.25, 0.3) is 0 Å². The molecule has 0 aliphatic rings. The summed E-state index contributed by atoms with van der Waals surface area (Å²) in [5.74, 6) is 0.351. The van der Waals surface area contributed by atoms with E-state index in [-0.39, 0.29) is 17.1 Å². The predicted molar refractivity (Wildman–Crippen MR) is 114 cm³/mol. The Balaban J connectivity index is 1.65. The number of hydrogen-bond acceptors (Lipinski definition) is 5. The van der Waals surface area contributed by atoms with Crippen molar-refractivity contribution in [2.24, 2.45) is 0 Å². The van der Waals surface area contributed by atoms with Crippen LogP contribution in [0.1, 0.15) is 22.6 Å². The Morgan fingerprint density at radius 1 is 1.21 bits per heavy atom. The molecule has 9 heteroatoms. The van der Waals surface area contributed by atoms with Gasteiger partial charge in [-0.1, -0.05) is 12.1 Å². The van der Waals surface area contributed by atoms with Crippen molar-refractivity contribution < 1.29 is 17.9 Å². The minimum atomic E-state index is -3.68. The van der Waals surface area contributed by atoms with Crippen LogP contribution in [0.5, 0.6) is 0 Å². The van der Waals surface area contributed by atoms with E-state index in [1.807, 2.05) is 31.2 Å². The van der Waals surface area contributed by atoms with Crippen molar-refractivity contribution in [1.82, 2.24) is 13.9 Å². The molecule has 7 nitrogen and oxygen atoms in total. The predicted octanol–water partition coefficient (Wildman–Crippen LogP) is 3.60. The van der Waals surface area contributed by atoms with Gasteiger partial charge in [-0.25, -0.2) is 22.5 Å². The van der Waals surface area contributed by atoms with E-state index in [9.17, 15) is 13.2 Å². The first-order valence-electron chi connectivity index (χ1n) is 9.03. The largest absolute Gasteiger partial charge is 0.462 e. The van der Waals surface area contributed by atoms with Crippen molar-refractivity contribution in [3.05, 3.63) is 58.3 Å².